The van der Waals surface area contributed by atoms with Crippen LogP contribution in [0.15, 0.2) is 61.2 Å². The molecule has 21 nitrogen and oxygen atoms in total. The fraction of sp³-hybridized carbons (Fsp3) is 0.477. The van der Waals surface area contributed by atoms with Crippen molar-refractivity contribution in [2.24, 2.45) is 11.1 Å². The van der Waals surface area contributed by atoms with Crippen molar-refractivity contribution in [3.63, 3.8) is 0 Å². The van der Waals surface area contributed by atoms with E-state index in [-0.39, 0.29) is 63.1 Å². The number of hydrogen-bond donors (Lipinski definition) is 6. The third-order valence-corrected chi connectivity index (χ3v) is 11.7. The number of anilines is 1. The van der Waals surface area contributed by atoms with E-state index >= 15 is 0 Å². The van der Waals surface area contributed by atoms with Gasteiger partial charge in [-0.05, 0) is 69.5 Å². The predicted molar refractivity (Wildman–Crippen MR) is 230 cm³/mol. The van der Waals surface area contributed by atoms with Crippen LogP contribution >= 0.6 is 0 Å². The number of nitriles is 1. The lowest BCUT2D eigenvalue weighted by Crippen LogP contribution is -2.56. The Morgan fingerprint density at radius 2 is 1.65 bits per heavy atom. The second-order valence-electron chi connectivity index (χ2n) is 16.2. The molecule has 348 valence electrons. The zero-order chi connectivity index (χ0) is 47.3. The van der Waals surface area contributed by atoms with E-state index in [9.17, 15) is 43.5 Å². The summed E-state index contributed by atoms with van der Waals surface area (Å²) in [5.74, 6) is -3.22. The van der Waals surface area contributed by atoms with Crippen molar-refractivity contribution in [1.29, 1.82) is 5.26 Å². The molecule has 3 aliphatic rings. The Bertz CT molecular complexity index is 2130. The van der Waals surface area contributed by atoms with Crippen LogP contribution in [0.25, 0.3) is 0 Å². The second-order valence-corrected chi connectivity index (χ2v) is 16.2. The summed E-state index contributed by atoms with van der Waals surface area (Å²) in [5, 5.41) is 29.6. The van der Waals surface area contributed by atoms with Crippen LogP contribution in [0.3, 0.4) is 0 Å². The normalized spacial score (nSPS) is 19.1. The highest BCUT2D eigenvalue weighted by molar-refractivity contribution is 6.06. The maximum absolute atomic E-state index is 14.0. The minimum Gasteiger partial charge on any atom is -0.465 e. The van der Waals surface area contributed by atoms with Gasteiger partial charge in [0.1, 0.15) is 30.2 Å². The number of likely N-dealkylation sites (N-methyl/N-ethyl adjacent to an activating group) is 1. The van der Waals surface area contributed by atoms with Gasteiger partial charge in [-0.1, -0.05) is 43.3 Å². The van der Waals surface area contributed by atoms with E-state index in [1.807, 2.05) is 18.0 Å². The number of likely N-dealkylation sites (tertiary alicyclic amines) is 1. The summed E-state index contributed by atoms with van der Waals surface area (Å²) >= 11 is 0. The Balaban J connectivity index is 1.28. The number of carbonyl (C=O) groups excluding carboxylic acids is 7. The van der Waals surface area contributed by atoms with Gasteiger partial charge < -0.3 is 56.1 Å². The molecular weight excluding hydrogens is 847 g/mol. The first-order valence-electron chi connectivity index (χ1n) is 21.2. The molecule has 1 aliphatic carbocycles. The highest BCUT2D eigenvalue weighted by Gasteiger charge is 2.53. The van der Waals surface area contributed by atoms with E-state index < -0.39 is 83.6 Å². The first-order chi connectivity index (χ1) is 31.0. The summed E-state index contributed by atoms with van der Waals surface area (Å²) in [7, 11) is 1.90. The summed E-state index contributed by atoms with van der Waals surface area (Å²) in [6.07, 6.45) is -2.76. The predicted octanol–water partition coefficient (Wildman–Crippen LogP) is 2.30. The van der Waals surface area contributed by atoms with Crippen molar-refractivity contribution in [3.05, 3.63) is 77.9 Å². The van der Waals surface area contributed by atoms with Gasteiger partial charge in [-0.15, -0.1) is 0 Å². The largest absolute Gasteiger partial charge is 0.509 e. The Hall–Kier alpha value is -7.21. The van der Waals surface area contributed by atoms with Gasteiger partial charge in [0.2, 0.25) is 23.8 Å². The molecule has 2 heterocycles. The maximum atomic E-state index is 14.0. The number of rotatable bonds is 18. The van der Waals surface area contributed by atoms with E-state index in [1.165, 1.54) is 35.2 Å². The summed E-state index contributed by atoms with van der Waals surface area (Å²) in [6.45, 7) is 6.69. The van der Waals surface area contributed by atoms with Gasteiger partial charge in [0, 0.05) is 50.4 Å². The molecule has 2 saturated heterocycles. The van der Waals surface area contributed by atoms with Gasteiger partial charge in [-0.25, -0.2) is 14.4 Å². The first-order valence-corrected chi connectivity index (χ1v) is 21.2. The summed E-state index contributed by atoms with van der Waals surface area (Å²) in [4.78, 5) is 109. The minimum atomic E-state index is -1.52. The number of primary amides is 1. The zero-order valence-electron chi connectivity index (χ0n) is 36.3. The molecule has 0 aromatic heterocycles. The molecule has 0 spiro atoms. The number of hydrogen-bond acceptors (Lipinski definition) is 13. The maximum Gasteiger partial charge on any atom is 0.509 e. The minimum absolute atomic E-state index is 0.0552. The molecule has 1 saturated carbocycles. The highest BCUT2D eigenvalue weighted by atomic mass is 16.7. The fourth-order valence-electron chi connectivity index (χ4n) is 7.68. The van der Waals surface area contributed by atoms with Crippen molar-refractivity contribution < 1.29 is 57.7 Å². The molecule has 7 amide bonds. The molecule has 0 bridgehead atoms. The Kier molecular flexibility index (Phi) is 16.8. The van der Waals surface area contributed by atoms with E-state index in [0.717, 1.165) is 4.90 Å². The van der Waals surface area contributed by atoms with E-state index in [2.05, 4.69) is 27.8 Å². The number of carbonyl (C=O) groups is 8. The topological polar surface area (TPSA) is 292 Å². The molecule has 0 radical (unpaired) electrons. The summed E-state index contributed by atoms with van der Waals surface area (Å²) in [6, 6.07) is 10.7. The Morgan fingerprint density at radius 1 is 0.985 bits per heavy atom. The third-order valence-electron chi connectivity index (χ3n) is 11.7. The summed E-state index contributed by atoms with van der Waals surface area (Å²) < 4.78 is 16.4. The van der Waals surface area contributed by atoms with Crippen LogP contribution in [-0.4, -0.2) is 139 Å². The van der Waals surface area contributed by atoms with Crippen LogP contribution in [0, 0.1) is 16.7 Å². The van der Waals surface area contributed by atoms with Crippen molar-refractivity contribution >= 4 is 53.6 Å². The number of urea groups is 1. The standard InChI is InChI=1S/C44H55N9O12/c1-4-23-63-40(58)44(16-6-17-44)39(57)50-33(7-5-18-47-41(46)59)36(54)49-31-14-12-30(13-15-31)35(38(56)52-21-19-51(3)20-22-52)65-43(62)64-32-24-34(53(26-32)42(60)61)37(55)48-27(2)29-10-8-28(25-45)9-11-29/h4,8-15,27,32-35H,1,5-7,16-24,26H2,2-3H3,(H,48,55)(H,49,54)(H,50,57)(H,60,61)(H3,46,47,59)/t27-,32?,33?,34?,35?/m0/s1. The number of nitrogens with one attached hydrogen (secondary N) is 4. The Labute approximate surface area is 375 Å². The SMILES string of the molecule is C=CCOC(=O)C1(C(=O)NC(CCCNC(N)=O)C(=O)Nc2ccc(C(OC(=O)OC3CC(C(=O)N[C@@H](C)c4ccc(C#N)cc4)N(C(=O)O)C3)C(=O)N3CCN(C)CC3)cc2)CCC1. The van der Waals surface area contributed by atoms with E-state index in [0.29, 0.717) is 43.7 Å². The highest BCUT2D eigenvalue weighted by Crippen LogP contribution is 2.42. The van der Waals surface area contributed by atoms with Gasteiger partial charge in [0.15, 0.2) is 0 Å². The molecule has 5 atom stereocenters. The van der Waals surface area contributed by atoms with Crippen LogP contribution in [0.5, 0.6) is 0 Å². The molecule has 5 rings (SSSR count). The number of esters is 1. The van der Waals surface area contributed by atoms with E-state index in [1.54, 1.807) is 31.2 Å². The van der Waals surface area contributed by atoms with Crippen molar-refractivity contribution in [1.82, 2.24) is 30.7 Å². The number of amides is 7. The lowest BCUT2D eigenvalue weighted by Gasteiger charge is -2.38. The van der Waals surface area contributed by atoms with Gasteiger partial charge in [-0.3, -0.25) is 28.9 Å². The van der Waals surface area contributed by atoms with Crippen molar-refractivity contribution in [2.75, 3.05) is 58.2 Å². The number of piperazine rings is 1. The van der Waals surface area contributed by atoms with Crippen LogP contribution in [0.2, 0.25) is 0 Å². The first kappa shape index (κ1) is 48.8. The smallest absolute Gasteiger partial charge is 0.465 e. The number of ether oxygens (including phenoxy) is 3. The van der Waals surface area contributed by atoms with Gasteiger partial charge >= 0.3 is 24.2 Å². The van der Waals surface area contributed by atoms with E-state index in [4.69, 9.17) is 25.2 Å². The van der Waals surface area contributed by atoms with Crippen molar-refractivity contribution in [2.45, 2.75) is 75.8 Å². The summed E-state index contributed by atoms with van der Waals surface area (Å²) in [5.41, 5.74) is 5.28. The van der Waals surface area contributed by atoms with Crippen LogP contribution in [0.1, 0.15) is 74.3 Å². The average Bonchev–Trinajstić information content (AvgIpc) is 3.70. The van der Waals surface area contributed by atoms with Gasteiger partial charge in [-0.2, -0.15) is 5.26 Å². The lowest BCUT2D eigenvalue weighted by atomic mass is 9.68. The Morgan fingerprint density at radius 3 is 2.23 bits per heavy atom. The monoisotopic (exact) mass is 901 g/mol. The third kappa shape index (κ3) is 12.7. The molecule has 2 aromatic rings. The molecule has 4 unspecified atom stereocenters. The zero-order valence-corrected chi connectivity index (χ0v) is 36.3. The second kappa shape index (κ2) is 22.4. The quantitative estimate of drug-likeness (QED) is 0.0542. The molecule has 2 aromatic carbocycles. The molecule has 21 heteroatoms. The fourth-order valence-corrected chi connectivity index (χ4v) is 7.68. The molecule has 7 N–H and O–H groups in total. The van der Waals surface area contributed by atoms with Crippen LogP contribution in [-0.2, 0) is 38.2 Å². The average molecular weight is 902 g/mol. The van der Waals surface area contributed by atoms with Crippen LogP contribution in [0.4, 0.5) is 20.1 Å². The molecule has 65 heavy (non-hydrogen) atoms. The molecule has 3 fully saturated rings. The van der Waals surface area contributed by atoms with Crippen LogP contribution < -0.4 is 27.0 Å². The molecular formula is C44H55N9O12. The van der Waals surface area contributed by atoms with Crippen molar-refractivity contribution in [3.8, 4) is 6.07 Å². The van der Waals surface area contributed by atoms with Gasteiger partial charge in [0.05, 0.1) is 24.2 Å². The number of carboxylic acid groups (broad SMARTS) is 1. The lowest BCUT2D eigenvalue weighted by molar-refractivity contribution is -0.167. The van der Waals surface area contributed by atoms with Gasteiger partial charge in [0.25, 0.3) is 5.91 Å². The number of nitrogens with two attached hydrogens (primary N) is 1. The number of benzene rings is 2. The molecule has 2 aliphatic heterocycles. The number of nitrogens with zero attached hydrogens (tertiary/aromatic N) is 4.